The molecule has 100 valence electrons. The number of rotatable bonds is 5. The van der Waals surface area contributed by atoms with E-state index in [9.17, 15) is 14.9 Å². The SMILES string of the molecule is CC(C)(CC(N)=O)Nc1ccc(C#N)c([N+](=O)[O-])c1. The molecule has 0 aliphatic heterocycles. The van der Waals surface area contributed by atoms with Gasteiger partial charge in [-0.3, -0.25) is 14.9 Å². The summed E-state index contributed by atoms with van der Waals surface area (Å²) in [6.07, 6.45) is 0.0841. The summed E-state index contributed by atoms with van der Waals surface area (Å²) in [5.41, 5.74) is 4.66. The molecule has 7 heteroatoms. The molecule has 0 saturated carbocycles. The van der Waals surface area contributed by atoms with Gasteiger partial charge >= 0.3 is 0 Å². The van der Waals surface area contributed by atoms with E-state index < -0.39 is 16.4 Å². The first-order chi connectivity index (χ1) is 8.75. The van der Waals surface area contributed by atoms with Gasteiger partial charge in [0.2, 0.25) is 5.91 Å². The zero-order chi connectivity index (χ0) is 14.6. The Bertz CT molecular complexity index is 561. The topological polar surface area (TPSA) is 122 Å². The van der Waals surface area contributed by atoms with Gasteiger partial charge in [-0.15, -0.1) is 0 Å². The van der Waals surface area contributed by atoms with Crippen LogP contribution in [0.2, 0.25) is 0 Å². The lowest BCUT2D eigenvalue weighted by molar-refractivity contribution is -0.385. The standard InChI is InChI=1S/C12H14N4O3/c1-12(2,6-11(14)17)15-9-4-3-8(7-13)10(5-9)16(18)19/h3-5,15H,6H2,1-2H3,(H2,14,17). The third-order valence-corrected chi connectivity index (χ3v) is 2.41. The van der Waals surface area contributed by atoms with Crippen molar-refractivity contribution in [3.05, 3.63) is 33.9 Å². The maximum atomic E-state index is 10.9. The number of carbonyl (C=O) groups is 1. The van der Waals surface area contributed by atoms with E-state index in [-0.39, 0.29) is 17.7 Å². The van der Waals surface area contributed by atoms with Crippen LogP contribution in [0.15, 0.2) is 18.2 Å². The summed E-state index contributed by atoms with van der Waals surface area (Å²) in [5, 5.41) is 22.6. The van der Waals surface area contributed by atoms with Crippen molar-refractivity contribution in [2.45, 2.75) is 25.8 Å². The van der Waals surface area contributed by atoms with Crippen molar-refractivity contribution in [3.63, 3.8) is 0 Å². The highest BCUT2D eigenvalue weighted by atomic mass is 16.6. The first kappa shape index (κ1) is 14.4. The van der Waals surface area contributed by atoms with Gasteiger partial charge in [0.1, 0.15) is 11.6 Å². The van der Waals surface area contributed by atoms with E-state index in [4.69, 9.17) is 11.0 Å². The molecule has 0 fully saturated rings. The Morgan fingerprint density at radius 1 is 1.58 bits per heavy atom. The van der Waals surface area contributed by atoms with Crippen LogP contribution in [0.1, 0.15) is 25.8 Å². The van der Waals surface area contributed by atoms with Crippen LogP contribution in [0, 0.1) is 21.4 Å². The number of nitrogens with zero attached hydrogens (tertiary/aromatic N) is 2. The highest BCUT2D eigenvalue weighted by Crippen LogP contribution is 2.25. The quantitative estimate of drug-likeness (QED) is 0.615. The van der Waals surface area contributed by atoms with Crippen molar-refractivity contribution in [3.8, 4) is 6.07 Å². The van der Waals surface area contributed by atoms with Gasteiger partial charge in [-0.1, -0.05) is 0 Å². The zero-order valence-electron chi connectivity index (χ0n) is 10.6. The Kier molecular flexibility index (Phi) is 4.07. The van der Waals surface area contributed by atoms with Gasteiger partial charge in [0.25, 0.3) is 5.69 Å². The lowest BCUT2D eigenvalue weighted by atomic mass is 9.99. The molecule has 3 N–H and O–H groups in total. The largest absolute Gasteiger partial charge is 0.379 e. The maximum Gasteiger partial charge on any atom is 0.289 e. The first-order valence-corrected chi connectivity index (χ1v) is 5.50. The normalized spacial score (nSPS) is 10.6. The minimum absolute atomic E-state index is 0.0109. The van der Waals surface area contributed by atoms with Crippen molar-refractivity contribution >= 4 is 17.3 Å². The summed E-state index contributed by atoms with van der Waals surface area (Å²) in [6, 6.07) is 5.93. The lowest BCUT2D eigenvalue weighted by Gasteiger charge is -2.26. The summed E-state index contributed by atoms with van der Waals surface area (Å²) >= 11 is 0. The van der Waals surface area contributed by atoms with Gasteiger partial charge in [0.15, 0.2) is 0 Å². The number of nitro groups is 1. The Morgan fingerprint density at radius 3 is 2.68 bits per heavy atom. The Hall–Kier alpha value is -2.62. The van der Waals surface area contributed by atoms with E-state index in [1.54, 1.807) is 26.0 Å². The molecule has 1 aromatic carbocycles. The van der Waals surface area contributed by atoms with Crippen molar-refractivity contribution in [1.82, 2.24) is 0 Å². The molecule has 0 spiro atoms. The highest BCUT2D eigenvalue weighted by molar-refractivity contribution is 5.75. The van der Waals surface area contributed by atoms with Crippen molar-refractivity contribution in [1.29, 1.82) is 5.26 Å². The van der Waals surface area contributed by atoms with Crippen LogP contribution in [0.3, 0.4) is 0 Å². The molecule has 7 nitrogen and oxygen atoms in total. The minimum Gasteiger partial charge on any atom is -0.379 e. The Labute approximate surface area is 110 Å². The van der Waals surface area contributed by atoms with E-state index in [0.29, 0.717) is 5.69 Å². The van der Waals surface area contributed by atoms with Crippen LogP contribution < -0.4 is 11.1 Å². The number of hydrogen-bond donors (Lipinski definition) is 2. The molecular weight excluding hydrogens is 248 g/mol. The smallest absolute Gasteiger partial charge is 0.289 e. The molecule has 0 aliphatic rings. The first-order valence-electron chi connectivity index (χ1n) is 5.50. The molecule has 1 rings (SSSR count). The van der Waals surface area contributed by atoms with Crippen molar-refractivity contribution < 1.29 is 9.72 Å². The summed E-state index contributed by atoms with van der Waals surface area (Å²) in [5.74, 6) is -0.472. The van der Waals surface area contributed by atoms with E-state index in [1.165, 1.54) is 12.1 Å². The fourth-order valence-corrected chi connectivity index (χ4v) is 1.73. The van der Waals surface area contributed by atoms with Crippen LogP contribution in [0.4, 0.5) is 11.4 Å². The second-order valence-corrected chi connectivity index (χ2v) is 4.75. The molecule has 0 atom stereocenters. The zero-order valence-corrected chi connectivity index (χ0v) is 10.6. The molecule has 0 unspecified atom stereocenters. The fraction of sp³-hybridized carbons (Fsp3) is 0.333. The van der Waals surface area contributed by atoms with Gasteiger partial charge < -0.3 is 11.1 Å². The van der Waals surface area contributed by atoms with E-state index >= 15 is 0 Å². The molecule has 1 aromatic rings. The van der Waals surface area contributed by atoms with Crippen LogP contribution in [0.5, 0.6) is 0 Å². The summed E-state index contributed by atoms with van der Waals surface area (Å²) < 4.78 is 0. The third-order valence-electron chi connectivity index (χ3n) is 2.41. The number of carbonyl (C=O) groups excluding carboxylic acids is 1. The Morgan fingerprint density at radius 2 is 2.21 bits per heavy atom. The molecule has 0 saturated heterocycles. The monoisotopic (exact) mass is 262 g/mol. The summed E-state index contributed by atoms with van der Waals surface area (Å²) in [4.78, 5) is 21.1. The molecule has 1 amide bonds. The molecule has 0 aromatic heterocycles. The fourth-order valence-electron chi connectivity index (χ4n) is 1.73. The summed E-state index contributed by atoms with van der Waals surface area (Å²) in [6.45, 7) is 3.50. The molecule has 0 bridgehead atoms. The number of hydrogen-bond acceptors (Lipinski definition) is 5. The van der Waals surface area contributed by atoms with Crippen LogP contribution >= 0.6 is 0 Å². The van der Waals surface area contributed by atoms with Crippen LogP contribution in [-0.4, -0.2) is 16.4 Å². The second-order valence-electron chi connectivity index (χ2n) is 4.75. The van der Waals surface area contributed by atoms with Crippen molar-refractivity contribution in [2.24, 2.45) is 5.73 Å². The predicted molar refractivity (Wildman–Crippen MR) is 69.3 cm³/mol. The Balaban J connectivity index is 3.04. The maximum absolute atomic E-state index is 10.9. The predicted octanol–water partition coefficient (Wildman–Crippen LogP) is 1.53. The van der Waals surface area contributed by atoms with Crippen LogP contribution in [-0.2, 0) is 4.79 Å². The molecule has 0 heterocycles. The van der Waals surface area contributed by atoms with Gasteiger partial charge in [-0.05, 0) is 26.0 Å². The van der Waals surface area contributed by atoms with E-state index in [2.05, 4.69) is 5.32 Å². The minimum atomic E-state index is -0.631. The van der Waals surface area contributed by atoms with Crippen LogP contribution in [0.25, 0.3) is 0 Å². The molecule has 19 heavy (non-hydrogen) atoms. The second kappa shape index (κ2) is 5.35. The van der Waals surface area contributed by atoms with E-state index in [1.807, 2.05) is 0 Å². The third kappa shape index (κ3) is 3.96. The number of anilines is 1. The average molecular weight is 262 g/mol. The van der Waals surface area contributed by atoms with Gasteiger partial charge in [0.05, 0.1) is 4.92 Å². The number of nitrogens with one attached hydrogen (secondary N) is 1. The number of amides is 1. The number of benzene rings is 1. The van der Waals surface area contributed by atoms with Crippen molar-refractivity contribution in [2.75, 3.05) is 5.32 Å². The van der Waals surface area contributed by atoms with Gasteiger partial charge in [-0.25, -0.2) is 0 Å². The van der Waals surface area contributed by atoms with E-state index in [0.717, 1.165) is 0 Å². The number of primary amides is 1. The average Bonchev–Trinajstić information content (AvgIpc) is 2.26. The number of nitriles is 1. The summed E-state index contributed by atoms with van der Waals surface area (Å²) in [7, 11) is 0. The highest BCUT2D eigenvalue weighted by Gasteiger charge is 2.22. The van der Waals surface area contributed by atoms with Gasteiger partial charge in [0, 0.05) is 23.7 Å². The number of nitro benzene ring substituents is 1. The van der Waals surface area contributed by atoms with Gasteiger partial charge in [-0.2, -0.15) is 5.26 Å². The number of nitrogens with two attached hydrogens (primary N) is 1. The molecule has 0 aliphatic carbocycles. The lowest BCUT2D eigenvalue weighted by Crippen LogP contribution is -2.35. The molecule has 0 radical (unpaired) electrons. The molecular formula is C12H14N4O3.